The predicted molar refractivity (Wildman–Crippen MR) is 123 cm³/mol. The number of hydrogen-bond donors (Lipinski definition) is 1. The number of carbonyl (C=O) groups is 1. The third kappa shape index (κ3) is 4.94. The van der Waals surface area contributed by atoms with Crippen LogP contribution in [0, 0.1) is 5.92 Å². The van der Waals surface area contributed by atoms with Crippen LogP contribution in [-0.4, -0.2) is 45.6 Å². The lowest BCUT2D eigenvalue weighted by Gasteiger charge is -2.31. The largest absolute Gasteiger partial charge is 0.495 e. The van der Waals surface area contributed by atoms with Crippen LogP contribution < -0.4 is 19.5 Å². The molecule has 1 N–H and O–H groups in total. The van der Waals surface area contributed by atoms with E-state index in [1.165, 1.54) is 11.4 Å². The van der Waals surface area contributed by atoms with Crippen LogP contribution in [0.1, 0.15) is 43.7 Å². The van der Waals surface area contributed by atoms with Gasteiger partial charge in [0.2, 0.25) is 22.7 Å². The Morgan fingerprint density at radius 2 is 1.85 bits per heavy atom. The number of amides is 1. The highest BCUT2D eigenvalue weighted by molar-refractivity contribution is 7.89. The predicted octanol–water partition coefficient (Wildman–Crippen LogP) is 3.26. The molecule has 1 fully saturated rings. The van der Waals surface area contributed by atoms with E-state index in [9.17, 15) is 13.2 Å². The molecule has 0 spiro atoms. The summed E-state index contributed by atoms with van der Waals surface area (Å²) in [4.78, 5) is 12.9. The van der Waals surface area contributed by atoms with Crippen LogP contribution in [0.3, 0.4) is 0 Å². The summed E-state index contributed by atoms with van der Waals surface area (Å²) in [7, 11) is -2.25. The minimum atomic E-state index is -3.72. The van der Waals surface area contributed by atoms with Crippen LogP contribution in [0.4, 0.5) is 0 Å². The fraction of sp³-hybridized carbons (Fsp3) is 0.458. The number of ether oxygens (including phenoxy) is 3. The SMILES string of the molecule is COc1ccc(C(C)C)cc1S(=O)(=O)N1CCC(C(=O)NCc2ccc3c(c2)OCO3)CC1. The number of piperidine rings is 1. The van der Waals surface area contributed by atoms with Gasteiger partial charge in [0.25, 0.3) is 0 Å². The average Bonchev–Trinajstić information content (AvgIpc) is 3.30. The van der Waals surface area contributed by atoms with Crippen molar-refractivity contribution in [3.05, 3.63) is 47.5 Å². The highest BCUT2D eigenvalue weighted by atomic mass is 32.2. The fourth-order valence-electron chi connectivity index (χ4n) is 4.14. The van der Waals surface area contributed by atoms with Crippen molar-refractivity contribution in [1.29, 1.82) is 0 Å². The molecule has 4 rings (SSSR count). The number of rotatable bonds is 7. The first-order chi connectivity index (χ1) is 15.8. The van der Waals surface area contributed by atoms with E-state index in [0.29, 0.717) is 49.7 Å². The molecule has 1 saturated heterocycles. The summed E-state index contributed by atoms with van der Waals surface area (Å²) in [5, 5.41) is 2.96. The van der Waals surface area contributed by atoms with Crippen LogP contribution in [0.15, 0.2) is 41.3 Å². The van der Waals surface area contributed by atoms with Gasteiger partial charge in [0.05, 0.1) is 7.11 Å². The Hall–Kier alpha value is -2.78. The molecular formula is C24H30N2O6S. The fourth-order valence-corrected chi connectivity index (χ4v) is 5.80. The molecule has 2 aliphatic heterocycles. The second kappa shape index (κ2) is 9.61. The monoisotopic (exact) mass is 474 g/mol. The van der Waals surface area contributed by atoms with Gasteiger partial charge in [0.1, 0.15) is 10.6 Å². The second-order valence-corrected chi connectivity index (χ2v) is 10.6. The van der Waals surface area contributed by atoms with Crippen molar-refractivity contribution in [3.63, 3.8) is 0 Å². The third-order valence-corrected chi connectivity index (χ3v) is 8.12. The number of nitrogens with one attached hydrogen (secondary N) is 1. The highest BCUT2D eigenvalue weighted by Gasteiger charge is 2.34. The molecule has 0 saturated carbocycles. The first-order valence-corrected chi connectivity index (χ1v) is 12.6. The molecule has 0 aliphatic carbocycles. The van der Waals surface area contributed by atoms with E-state index in [1.807, 2.05) is 38.1 Å². The number of hydrogen-bond acceptors (Lipinski definition) is 6. The summed E-state index contributed by atoms with van der Waals surface area (Å²) in [6, 6.07) is 10.9. The smallest absolute Gasteiger partial charge is 0.246 e. The number of benzene rings is 2. The van der Waals surface area contributed by atoms with E-state index in [0.717, 1.165) is 11.1 Å². The van der Waals surface area contributed by atoms with Gasteiger partial charge in [-0.3, -0.25) is 4.79 Å². The van der Waals surface area contributed by atoms with Crippen LogP contribution in [0.25, 0.3) is 0 Å². The maximum atomic E-state index is 13.3. The van der Waals surface area contributed by atoms with Crippen LogP contribution in [0.5, 0.6) is 17.2 Å². The van der Waals surface area contributed by atoms with Gasteiger partial charge in [-0.25, -0.2) is 8.42 Å². The quantitative estimate of drug-likeness (QED) is 0.662. The summed E-state index contributed by atoms with van der Waals surface area (Å²) >= 11 is 0. The Labute approximate surface area is 194 Å². The summed E-state index contributed by atoms with van der Waals surface area (Å²) in [6.07, 6.45) is 0.941. The lowest BCUT2D eigenvalue weighted by molar-refractivity contribution is -0.126. The summed E-state index contributed by atoms with van der Waals surface area (Å²) in [5.41, 5.74) is 1.86. The zero-order valence-electron chi connectivity index (χ0n) is 19.2. The molecule has 178 valence electrons. The molecule has 0 aromatic heterocycles. The van der Waals surface area contributed by atoms with Gasteiger partial charge in [0.15, 0.2) is 11.5 Å². The van der Waals surface area contributed by atoms with E-state index < -0.39 is 10.0 Å². The van der Waals surface area contributed by atoms with Gasteiger partial charge >= 0.3 is 0 Å². The summed E-state index contributed by atoms with van der Waals surface area (Å²) in [5.74, 6) is 1.62. The highest BCUT2D eigenvalue weighted by Crippen LogP contribution is 2.33. The van der Waals surface area contributed by atoms with E-state index >= 15 is 0 Å². The Morgan fingerprint density at radius 3 is 2.55 bits per heavy atom. The molecule has 0 unspecified atom stereocenters. The van der Waals surface area contributed by atoms with Gasteiger partial charge in [-0.15, -0.1) is 0 Å². The van der Waals surface area contributed by atoms with Crippen LogP contribution >= 0.6 is 0 Å². The zero-order chi connectivity index (χ0) is 23.6. The molecule has 8 nitrogen and oxygen atoms in total. The molecule has 0 radical (unpaired) electrons. The minimum absolute atomic E-state index is 0.0656. The van der Waals surface area contributed by atoms with Crippen molar-refractivity contribution in [3.8, 4) is 17.2 Å². The Kier molecular flexibility index (Phi) is 6.81. The molecule has 2 aliphatic rings. The van der Waals surface area contributed by atoms with Gasteiger partial charge in [-0.05, 0) is 54.2 Å². The number of fused-ring (bicyclic) bond motifs is 1. The van der Waals surface area contributed by atoms with Crippen LogP contribution in [-0.2, 0) is 21.4 Å². The van der Waals surface area contributed by atoms with Crippen molar-refractivity contribution in [2.75, 3.05) is 27.0 Å². The normalized spacial score (nSPS) is 16.7. The van der Waals surface area contributed by atoms with Crippen molar-refractivity contribution in [1.82, 2.24) is 9.62 Å². The van der Waals surface area contributed by atoms with E-state index in [4.69, 9.17) is 14.2 Å². The second-order valence-electron chi connectivity index (χ2n) is 8.65. The van der Waals surface area contributed by atoms with E-state index in [-0.39, 0.29) is 29.4 Å². The van der Waals surface area contributed by atoms with Gasteiger partial charge < -0.3 is 19.5 Å². The van der Waals surface area contributed by atoms with E-state index in [2.05, 4.69) is 5.32 Å². The Bertz CT molecular complexity index is 1120. The number of carbonyl (C=O) groups excluding carboxylic acids is 1. The zero-order valence-corrected chi connectivity index (χ0v) is 20.0. The maximum Gasteiger partial charge on any atom is 0.246 e. The minimum Gasteiger partial charge on any atom is -0.495 e. The lowest BCUT2D eigenvalue weighted by Crippen LogP contribution is -2.43. The Balaban J connectivity index is 1.37. The Morgan fingerprint density at radius 1 is 1.12 bits per heavy atom. The number of nitrogens with zero attached hydrogens (tertiary/aromatic N) is 1. The first kappa shape index (κ1) is 23.4. The molecule has 9 heteroatoms. The molecule has 0 bridgehead atoms. The van der Waals surface area contributed by atoms with E-state index in [1.54, 1.807) is 12.1 Å². The third-order valence-electron chi connectivity index (χ3n) is 6.20. The van der Waals surface area contributed by atoms with Gasteiger partial charge in [-0.1, -0.05) is 26.0 Å². The molecule has 2 aromatic carbocycles. The first-order valence-electron chi connectivity index (χ1n) is 11.1. The van der Waals surface area contributed by atoms with Crippen molar-refractivity contribution < 1.29 is 27.4 Å². The molecular weight excluding hydrogens is 444 g/mol. The van der Waals surface area contributed by atoms with Crippen molar-refractivity contribution in [2.45, 2.75) is 44.0 Å². The van der Waals surface area contributed by atoms with Crippen molar-refractivity contribution in [2.24, 2.45) is 5.92 Å². The number of sulfonamides is 1. The standard InChI is InChI=1S/C24H30N2O6S/c1-16(2)19-5-7-21(30-3)23(13-19)33(28,29)26-10-8-18(9-11-26)24(27)25-14-17-4-6-20-22(12-17)32-15-31-20/h4-7,12-13,16,18H,8-11,14-15H2,1-3H3,(H,25,27). The molecule has 1 amide bonds. The summed E-state index contributed by atoms with van der Waals surface area (Å²) < 4.78 is 44.2. The lowest BCUT2D eigenvalue weighted by atomic mass is 9.97. The molecule has 2 heterocycles. The van der Waals surface area contributed by atoms with Gasteiger partial charge in [-0.2, -0.15) is 4.31 Å². The topological polar surface area (TPSA) is 94.2 Å². The number of methoxy groups -OCH3 is 1. The molecule has 33 heavy (non-hydrogen) atoms. The van der Waals surface area contributed by atoms with Crippen LogP contribution in [0.2, 0.25) is 0 Å². The van der Waals surface area contributed by atoms with Crippen molar-refractivity contribution >= 4 is 15.9 Å². The molecule has 0 atom stereocenters. The molecule has 2 aromatic rings. The van der Waals surface area contributed by atoms with Gasteiger partial charge in [0, 0.05) is 25.6 Å². The summed E-state index contributed by atoms with van der Waals surface area (Å²) in [6.45, 7) is 5.21. The maximum absolute atomic E-state index is 13.3. The average molecular weight is 475 g/mol.